The minimum atomic E-state index is 0.00519. The van der Waals surface area contributed by atoms with E-state index in [0.29, 0.717) is 17.9 Å². The van der Waals surface area contributed by atoms with E-state index < -0.39 is 0 Å². The first-order chi connectivity index (χ1) is 8.03. The van der Waals surface area contributed by atoms with Gasteiger partial charge in [-0.2, -0.15) is 0 Å². The molecular formula is C14H26N2O. The first kappa shape index (κ1) is 12.9. The summed E-state index contributed by atoms with van der Waals surface area (Å²) in [4.78, 5) is 14.8. The lowest BCUT2D eigenvalue weighted by molar-refractivity contribution is -0.150. The zero-order valence-electron chi connectivity index (χ0n) is 11.5. The molecule has 1 aliphatic carbocycles. The molecule has 0 radical (unpaired) electrons. The van der Waals surface area contributed by atoms with Crippen molar-refractivity contribution in [3.8, 4) is 0 Å². The van der Waals surface area contributed by atoms with Crippen molar-refractivity contribution < 1.29 is 4.79 Å². The van der Waals surface area contributed by atoms with E-state index in [1.807, 2.05) is 0 Å². The molecule has 0 aromatic carbocycles. The third-order valence-corrected chi connectivity index (χ3v) is 4.22. The summed E-state index contributed by atoms with van der Waals surface area (Å²) in [5.41, 5.74) is 0.00519. The SMILES string of the molecule is CC(C)CC1(C(=O)N2CCNC(C)C2)CCC1. The van der Waals surface area contributed by atoms with E-state index in [2.05, 4.69) is 31.0 Å². The molecule has 1 heterocycles. The van der Waals surface area contributed by atoms with Gasteiger partial charge in [-0.05, 0) is 32.1 Å². The van der Waals surface area contributed by atoms with Crippen LogP contribution in [0.4, 0.5) is 0 Å². The van der Waals surface area contributed by atoms with E-state index in [-0.39, 0.29) is 5.41 Å². The first-order valence-electron chi connectivity index (χ1n) is 7.06. The van der Waals surface area contributed by atoms with E-state index in [1.54, 1.807) is 0 Å². The molecule has 0 aromatic rings. The highest BCUT2D eigenvalue weighted by molar-refractivity contribution is 5.83. The van der Waals surface area contributed by atoms with Crippen molar-refractivity contribution in [1.29, 1.82) is 0 Å². The fourth-order valence-electron chi connectivity index (χ4n) is 3.34. The smallest absolute Gasteiger partial charge is 0.228 e. The number of nitrogens with one attached hydrogen (secondary N) is 1. The Balaban J connectivity index is 2.01. The van der Waals surface area contributed by atoms with E-state index in [9.17, 15) is 4.79 Å². The van der Waals surface area contributed by atoms with E-state index in [1.165, 1.54) is 6.42 Å². The summed E-state index contributed by atoms with van der Waals surface area (Å²) in [5.74, 6) is 1.06. The summed E-state index contributed by atoms with van der Waals surface area (Å²) in [6, 6.07) is 0.448. The fourth-order valence-corrected chi connectivity index (χ4v) is 3.34. The minimum absolute atomic E-state index is 0.00519. The summed E-state index contributed by atoms with van der Waals surface area (Å²) in [5, 5.41) is 3.40. The van der Waals surface area contributed by atoms with Crippen LogP contribution in [-0.2, 0) is 4.79 Å². The number of piperazine rings is 1. The van der Waals surface area contributed by atoms with Crippen molar-refractivity contribution >= 4 is 5.91 Å². The van der Waals surface area contributed by atoms with Gasteiger partial charge in [-0.15, -0.1) is 0 Å². The maximum atomic E-state index is 12.7. The second kappa shape index (κ2) is 4.97. The van der Waals surface area contributed by atoms with Gasteiger partial charge in [0, 0.05) is 31.1 Å². The summed E-state index contributed by atoms with van der Waals surface area (Å²) < 4.78 is 0. The van der Waals surface area contributed by atoms with Gasteiger partial charge in [0.05, 0.1) is 0 Å². The van der Waals surface area contributed by atoms with Gasteiger partial charge in [0.25, 0.3) is 0 Å². The predicted molar refractivity (Wildman–Crippen MR) is 69.8 cm³/mol. The Bertz CT molecular complexity index is 284. The van der Waals surface area contributed by atoms with Crippen LogP contribution in [0.2, 0.25) is 0 Å². The first-order valence-corrected chi connectivity index (χ1v) is 7.06. The van der Waals surface area contributed by atoms with Crippen molar-refractivity contribution in [2.75, 3.05) is 19.6 Å². The van der Waals surface area contributed by atoms with Crippen LogP contribution in [-0.4, -0.2) is 36.5 Å². The van der Waals surface area contributed by atoms with Crippen molar-refractivity contribution in [1.82, 2.24) is 10.2 Å². The highest BCUT2D eigenvalue weighted by atomic mass is 16.2. The topological polar surface area (TPSA) is 32.3 Å². The molecule has 2 aliphatic rings. The normalized spacial score (nSPS) is 28.0. The number of hydrogen-bond donors (Lipinski definition) is 1. The lowest BCUT2D eigenvalue weighted by Gasteiger charge is -2.46. The lowest BCUT2D eigenvalue weighted by Crippen LogP contribution is -2.57. The van der Waals surface area contributed by atoms with Gasteiger partial charge in [-0.1, -0.05) is 20.3 Å². The molecule has 0 aromatic heterocycles. The average molecular weight is 238 g/mol. The van der Waals surface area contributed by atoms with Crippen LogP contribution in [0.1, 0.15) is 46.5 Å². The van der Waals surface area contributed by atoms with Gasteiger partial charge >= 0.3 is 0 Å². The maximum absolute atomic E-state index is 12.7. The molecular weight excluding hydrogens is 212 g/mol. The molecule has 3 nitrogen and oxygen atoms in total. The van der Waals surface area contributed by atoms with Gasteiger partial charge in [0.1, 0.15) is 0 Å². The molecule has 17 heavy (non-hydrogen) atoms. The second-order valence-electron chi connectivity index (χ2n) is 6.34. The highest BCUT2D eigenvalue weighted by Crippen LogP contribution is 2.47. The molecule has 0 bridgehead atoms. The van der Waals surface area contributed by atoms with E-state index in [0.717, 1.165) is 38.9 Å². The molecule has 1 atom stereocenters. The van der Waals surface area contributed by atoms with Crippen LogP contribution in [0, 0.1) is 11.3 Å². The van der Waals surface area contributed by atoms with Crippen molar-refractivity contribution in [3.05, 3.63) is 0 Å². The van der Waals surface area contributed by atoms with Crippen molar-refractivity contribution in [2.45, 2.75) is 52.5 Å². The Kier molecular flexibility index (Phi) is 3.76. The zero-order chi connectivity index (χ0) is 12.5. The second-order valence-corrected chi connectivity index (χ2v) is 6.34. The van der Waals surface area contributed by atoms with E-state index in [4.69, 9.17) is 0 Å². The molecule has 1 amide bonds. The molecule has 1 unspecified atom stereocenters. The number of amides is 1. The molecule has 3 heteroatoms. The molecule has 1 aliphatic heterocycles. The van der Waals surface area contributed by atoms with Gasteiger partial charge in [-0.3, -0.25) is 4.79 Å². The predicted octanol–water partition coefficient (Wildman–Crippen LogP) is 2.02. The molecule has 0 spiro atoms. The molecule has 98 valence electrons. The van der Waals surface area contributed by atoms with Crippen molar-refractivity contribution in [3.63, 3.8) is 0 Å². The molecule has 2 rings (SSSR count). The van der Waals surface area contributed by atoms with Crippen molar-refractivity contribution in [2.24, 2.45) is 11.3 Å². The number of rotatable bonds is 3. The Morgan fingerprint density at radius 3 is 2.65 bits per heavy atom. The van der Waals surface area contributed by atoms with Gasteiger partial charge in [0.2, 0.25) is 5.91 Å². The molecule has 1 saturated carbocycles. The maximum Gasteiger partial charge on any atom is 0.228 e. The van der Waals surface area contributed by atoms with Gasteiger partial charge in [-0.25, -0.2) is 0 Å². The van der Waals surface area contributed by atoms with E-state index >= 15 is 0 Å². The largest absolute Gasteiger partial charge is 0.339 e. The Hall–Kier alpha value is -0.570. The summed E-state index contributed by atoms with van der Waals surface area (Å²) in [6.07, 6.45) is 4.54. The Labute approximate surface area is 105 Å². The molecule has 1 saturated heterocycles. The number of carbonyl (C=O) groups is 1. The number of nitrogens with zero attached hydrogens (tertiary/aromatic N) is 1. The quantitative estimate of drug-likeness (QED) is 0.816. The lowest BCUT2D eigenvalue weighted by atomic mass is 9.63. The Morgan fingerprint density at radius 2 is 2.18 bits per heavy atom. The number of carbonyl (C=O) groups excluding carboxylic acids is 1. The van der Waals surface area contributed by atoms with Crippen LogP contribution in [0.15, 0.2) is 0 Å². The van der Waals surface area contributed by atoms with Gasteiger partial charge in [0.15, 0.2) is 0 Å². The minimum Gasteiger partial charge on any atom is -0.339 e. The third-order valence-electron chi connectivity index (χ3n) is 4.22. The van der Waals surface area contributed by atoms with Crippen LogP contribution in [0.25, 0.3) is 0 Å². The van der Waals surface area contributed by atoms with Gasteiger partial charge < -0.3 is 10.2 Å². The van der Waals surface area contributed by atoms with Crippen LogP contribution in [0.5, 0.6) is 0 Å². The average Bonchev–Trinajstić information content (AvgIpc) is 2.22. The number of hydrogen-bond acceptors (Lipinski definition) is 2. The Morgan fingerprint density at radius 1 is 1.47 bits per heavy atom. The fraction of sp³-hybridized carbons (Fsp3) is 0.929. The molecule has 1 N–H and O–H groups in total. The van der Waals surface area contributed by atoms with Crippen LogP contribution in [0.3, 0.4) is 0 Å². The monoisotopic (exact) mass is 238 g/mol. The van der Waals surface area contributed by atoms with Crippen LogP contribution < -0.4 is 5.32 Å². The molecule has 2 fully saturated rings. The summed E-state index contributed by atoms with van der Waals surface area (Å²) in [6.45, 7) is 9.35. The summed E-state index contributed by atoms with van der Waals surface area (Å²) in [7, 11) is 0. The zero-order valence-corrected chi connectivity index (χ0v) is 11.5. The summed E-state index contributed by atoms with van der Waals surface area (Å²) >= 11 is 0. The van der Waals surface area contributed by atoms with Crippen LogP contribution >= 0.6 is 0 Å². The highest BCUT2D eigenvalue weighted by Gasteiger charge is 2.46. The standard InChI is InChI=1S/C14H26N2O/c1-11(2)9-14(5-4-6-14)13(17)16-8-7-15-12(3)10-16/h11-12,15H,4-10H2,1-3H3. The third kappa shape index (κ3) is 2.65.